The van der Waals surface area contributed by atoms with Crippen LogP contribution in [0.5, 0.6) is 0 Å². The summed E-state index contributed by atoms with van der Waals surface area (Å²) in [5.41, 5.74) is 18.6. The van der Waals surface area contributed by atoms with Crippen molar-refractivity contribution < 1.29 is 0 Å². The van der Waals surface area contributed by atoms with Crippen LogP contribution in [0, 0.1) is 0 Å². The van der Waals surface area contributed by atoms with Crippen LogP contribution >= 0.6 is 11.8 Å². The third-order valence-electron chi connectivity index (χ3n) is 13.8. The maximum absolute atomic E-state index is 2.55. The molecule has 1 atom stereocenters. The Labute approximate surface area is 370 Å². The summed E-state index contributed by atoms with van der Waals surface area (Å²) in [4.78, 5) is 5.15. The quantitative estimate of drug-likeness (QED) is 0.150. The molecule has 1 nitrogen and oxygen atoms in total. The molecule has 1 aliphatic heterocycles. The average Bonchev–Trinajstić information content (AvgIpc) is 3.56. The van der Waals surface area contributed by atoms with Crippen molar-refractivity contribution in [3.8, 4) is 22.3 Å². The van der Waals surface area contributed by atoms with Crippen molar-refractivity contribution in [1.82, 2.24) is 0 Å². The third-order valence-corrected chi connectivity index (χ3v) is 15.0. The Morgan fingerprint density at radius 1 is 0.419 bits per heavy atom. The lowest BCUT2D eigenvalue weighted by atomic mass is 9.62. The molecule has 9 aromatic carbocycles. The third kappa shape index (κ3) is 5.84. The molecule has 0 saturated carbocycles. The van der Waals surface area contributed by atoms with E-state index in [4.69, 9.17) is 0 Å². The second-order valence-corrected chi connectivity index (χ2v) is 18.4. The summed E-state index contributed by atoms with van der Waals surface area (Å²) in [6.07, 6.45) is 1.84. The highest BCUT2D eigenvalue weighted by Gasteiger charge is 2.47. The van der Waals surface area contributed by atoms with E-state index in [2.05, 4.69) is 233 Å². The number of anilines is 3. The molecule has 300 valence electrons. The number of benzene rings is 9. The van der Waals surface area contributed by atoms with Gasteiger partial charge in [0.25, 0.3) is 0 Å². The molecule has 0 N–H and O–H groups in total. The average molecular weight is 816 g/mol. The molecule has 9 aromatic rings. The Bertz CT molecular complexity index is 3160. The van der Waals surface area contributed by atoms with Gasteiger partial charge in [0.05, 0.1) is 5.41 Å². The van der Waals surface area contributed by atoms with Crippen molar-refractivity contribution in [2.75, 3.05) is 4.90 Å². The molecule has 1 heterocycles. The fourth-order valence-electron chi connectivity index (χ4n) is 10.8. The minimum atomic E-state index is -0.584. The standard InChI is InChI=1S/C60H49NS/c1-5-40-18-11-14-24-51(40)60(53-26-16-17-27-57(53)62-58-48-22-12-10-21-44(48)31-37-54(58)60)55-38-46(34-28-41(55)6-2)61(45-32-29-43(30-33-45)42-19-8-7-9-20-42)47-35-36-50-49-23-13-15-25-52(49)59(3,4)56(50)39-47/h7-39H,5-6H2,1-4H3. The van der Waals surface area contributed by atoms with Crippen molar-refractivity contribution in [3.05, 3.63) is 245 Å². The van der Waals surface area contributed by atoms with Gasteiger partial charge in [0.2, 0.25) is 0 Å². The highest BCUT2D eigenvalue weighted by atomic mass is 32.2. The number of fused-ring (bicyclic) bond motifs is 7. The van der Waals surface area contributed by atoms with Crippen LogP contribution in [0.15, 0.2) is 210 Å². The van der Waals surface area contributed by atoms with Crippen LogP contribution in [0.2, 0.25) is 0 Å². The number of hydrogen-bond acceptors (Lipinski definition) is 2. The Morgan fingerprint density at radius 3 is 1.79 bits per heavy atom. The van der Waals surface area contributed by atoms with Gasteiger partial charge in [-0.1, -0.05) is 197 Å². The van der Waals surface area contributed by atoms with Crippen LogP contribution in [-0.4, -0.2) is 0 Å². The van der Waals surface area contributed by atoms with Gasteiger partial charge < -0.3 is 4.90 Å². The van der Waals surface area contributed by atoms with Gasteiger partial charge in [-0.3, -0.25) is 0 Å². The molecule has 0 aromatic heterocycles. The van der Waals surface area contributed by atoms with E-state index >= 15 is 0 Å². The van der Waals surface area contributed by atoms with E-state index in [0.29, 0.717) is 0 Å². The first-order chi connectivity index (χ1) is 30.4. The summed E-state index contributed by atoms with van der Waals surface area (Å²) < 4.78 is 0. The number of rotatable bonds is 8. The molecule has 2 aliphatic rings. The van der Waals surface area contributed by atoms with Gasteiger partial charge in [0.1, 0.15) is 0 Å². The molecule has 1 aliphatic carbocycles. The lowest BCUT2D eigenvalue weighted by molar-refractivity contribution is 0.660. The van der Waals surface area contributed by atoms with Crippen LogP contribution in [-0.2, 0) is 23.7 Å². The first-order valence-electron chi connectivity index (χ1n) is 22.1. The van der Waals surface area contributed by atoms with Crippen molar-refractivity contribution >= 4 is 39.6 Å². The second kappa shape index (κ2) is 15.1. The first-order valence-corrected chi connectivity index (χ1v) is 22.9. The van der Waals surface area contributed by atoms with Crippen LogP contribution in [0.1, 0.15) is 72.2 Å². The predicted molar refractivity (Wildman–Crippen MR) is 263 cm³/mol. The largest absolute Gasteiger partial charge is 0.310 e. The van der Waals surface area contributed by atoms with E-state index in [9.17, 15) is 0 Å². The maximum atomic E-state index is 2.55. The van der Waals surface area contributed by atoms with Gasteiger partial charge in [0, 0.05) is 32.3 Å². The summed E-state index contributed by atoms with van der Waals surface area (Å²) in [5, 5.41) is 2.58. The fourth-order valence-corrected chi connectivity index (χ4v) is 12.1. The minimum Gasteiger partial charge on any atom is -0.310 e. The number of hydrogen-bond donors (Lipinski definition) is 0. The zero-order valence-corrected chi connectivity index (χ0v) is 36.6. The Morgan fingerprint density at radius 2 is 1.00 bits per heavy atom. The van der Waals surface area contributed by atoms with E-state index in [1.807, 2.05) is 11.8 Å². The maximum Gasteiger partial charge on any atom is 0.0729 e. The fraction of sp³-hybridized carbons (Fsp3) is 0.133. The first kappa shape index (κ1) is 38.3. The second-order valence-electron chi connectivity index (χ2n) is 17.4. The van der Waals surface area contributed by atoms with E-state index in [1.54, 1.807) is 0 Å². The highest BCUT2D eigenvalue weighted by Crippen LogP contribution is 2.59. The summed E-state index contributed by atoms with van der Waals surface area (Å²) in [7, 11) is 0. The molecule has 0 spiro atoms. The van der Waals surface area contributed by atoms with Gasteiger partial charge in [-0.05, 0) is 133 Å². The zero-order valence-electron chi connectivity index (χ0n) is 35.8. The molecule has 0 fully saturated rings. The summed E-state index contributed by atoms with van der Waals surface area (Å²) in [6, 6.07) is 75.5. The number of nitrogens with zero attached hydrogens (tertiary/aromatic N) is 1. The van der Waals surface area contributed by atoms with Gasteiger partial charge in [-0.2, -0.15) is 0 Å². The van der Waals surface area contributed by atoms with Gasteiger partial charge in [-0.15, -0.1) is 0 Å². The lowest BCUT2D eigenvalue weighted by Gasteiger charge is -2.44. The molecule has 11 rings (SSSR count). The molecular weight excluding hydrogens is 767 g/mol. The molecule has 0 saturated heterocycles. The Balaban J connectivity index is 1.21. The molecule has 0 bridgehead atoms. The van der Waals surface area contributed by atoms with Crippen molar-refractivity contribution in [2.24, 2.45) is 0 Å². The Kier molecular flexibility index (Phi) is 9.32. The molecule has 1 unspecified atom stereocenters. The molecule has 0 amide bonds. The summed E-state index contributed by atoms with van der Waals surface area (Å²) in [6.45, 7) is 9.39. The monoisotopic (exact) mass is 815 g/mol. The zero-order chi connectivity index (χ0) is 42.0. The SMILES string of the molecule is CCc1ccccc1C1(c2cc(N(c3ccc(-c4ccccc4)cc3)c3ccc4c(c3)C(C)(C)c3ccccc3-4)ccc2CC)c2ccccc2Sc2c1ccc1ccccc21. The van der Waals surface area contributed by atoms with E-state index in [0.717, 1.165) is 29.9 Å². The number of aryl methyl sites for hydroxylation is 2. The van der Waals surface area contributed by atoms with Gasteiger partial charge >= 0.3 is 0 Å². The van der Waals surface area contributed by atoms with E-state index in [-0.39, 0.29) is 5.41 Å². The Hall–Kier alpha value is -6.61. The highest BCUT2D eigenvalue weighted by molar-refractivity contribution is 7.99. The van der Waals surface area contributed by atoms with E-state index < -0.39 is 5.41 Å². The van der Waals surface area contributed by atoms with Crippen molar-refractivity contribution in [1.29, 1.82) is 0 Å². The van der Waals surface area contributed by atoms with Gasteiger partial charge in [-0.25, -0.2) is 0 Å². The van der Waals surface area contributed by atoms with Crippen molar-refractivity contribution in [3.63, 3.8) is 0 Å². The summed E-state index contributed by atoms with van der Waals surface area (Å²) in [5.74, 6) is 0. The van der Waals surface area contributed by atoms with Gasteiger partial charge in [0.15, 0.2) is 0 Å². The topological polar surface area (TPSA) is 3.24 Å². The van der Waals surface area contributed by atoms with Crippen molar-refractivity contribution in [2.45, 2.75) is 61.2 Å². The molecule has 2 heteroatoms. The van der Waals surface area contributed by atoms with Crippen LogP contribution in [0.25, 0.3) is 33.0 Å². The smallest absolute Gasteiger partial charge is 0.0729 e. The lowest BCUT2D eigenvalue weighted by Crippen LogP contribution is -2.36. The molecular formula is C60H49NS. The minimum absolute atomic E-state index is 0.133. The molecule has 62 heavy (non-hydrogen) atoms. The van der Waals surface area contributed by atoms with Crippen LogP contribution < -0.4 is 4.90 Å². The van der Waals surface area contributed by atoms with Crippen LogP contribution in [0.4, 0.5) is 17.1 Å². The summed E-state index contributed by atoms with van der Waals surface area (Å²) >= 11 is 1.93. The molecule has 0 radical (unpaired) electrons. The normalized spacial score (nSPS) is 15.7. The predicted octanol–water partition coefficient (Wildman–Crippen LogP) is 16.3. The van der Waals surface area contributed by atoms with E-state index in [1.165, 1.54) is 87.3 Å². The van der Waals surface area contributed by atoms with Crippen LogP contribution in [0.3, 0.4) is 0 Å².